The van der Waals surface area contributed by atoms with E-state index in [1.807, 2.05) is 13.0 Å². The van der Waals surface area contributed by atoms with E-state index in [1.54, 1.807) is 30.3 Å². The van der Waals surface area contributed by atoms with E-state index in [0.717, 1.165) is 24.3 Å². The van der Waals surface area contributed by atoms with E-state index in [1.165, 1.54) is 6.21 Å². The second-order valence-corrected chi connectivity index (χ2v) is 6.34. The van der Waals surface area contributed by atoms with Crippen molar-refractivity contribution in [2.24, 2.45) is 5.10 Å². The normalized spacial score (nSPS) is 10.8. The van der Waals surface area contributed by atoms with Crippen LogP contribution in [0.5, 0.6) is 11.5 Å². The van der Waals surface area contributed by atoms with Gasteiger partial charge in [0.15, 0.2) is 6.61 Å². The van der Waals surface area contributed by atoms with Gasteiger partial charge in [0.1, 0.15) is 11.5 Å². The van der Waals surface area contributed by atoms with Crippen molar-refractivity contribution in [1.82, 2.24) is 5.43 Å². The lowest BCUT2D eigenvalue weighted by Gasteiger charge is -2.21. The van der Waals surface area contributed by atoms with E-state index < -0.39 is 5.91 Å². The number of anilines is 1. The number of ether oxygens (including phenoxy) is 1. The first-order chi connectivity index (χ1) is 12.9. The standard InChI is InChI=1S/C20H24ClN3O3/c1-4-24(5-2)17-8-6-15(18(25)11-17)12-22-23-20(26)13-27-19-9-7-16(21)10-14(19)3/h6-12,25H,4-5,13H2,1-3H3,(H,23,26). The van der Waals surface area contributed by atoms with Crippen LogP contribution in [0.1, 0.15) is 25.0 Å². The number of aryl methyl sites for hydroxylation is 1. The molecule has 1 amide bonds. The Labute approximate surface area is 164 Å². The van der Waals surface area contributed by atoms with E-state index in [2.05, 4.69) is 29.3 Å². The third-order valence-corrected chi connectivity index (χ3v) is 4.27. The summed E-state index contributed by atoms with van der Waals surface area (Å²) >= 11 is 5.89. The van der Waals surface area contributed by atoms with Gasteiger partial charge in [0, 0.05) is 35.4 Å². The van der Waals surface area contributed by atoms with Crippen molar-refractivity contribution in [3.8, 4) is 11.5 Å². The fraction of sp³-hybridized carbons (Fsp3) is 0.300. The third-order valence-electron chi connectivity index (χ3n) is 4.03. The van der Waals surface area contributed by atoms with E-state index in [-0.39, 0.29) is 12.4 Å². The van der Waals surface area contributed by atoms with Crippen LogP contribution in [0, 0.1) is 6.92 Å². The zero-order valence-electron chi connectivity index (χ0n) is 15.7. The van der Waals surface area contributed by atoms with E-state index >= 15 is 0 Å². The number of rotatable bonds is 8. The molecule has 0 aromatic heterocycles. The molecule has 7 heteroatoms. The van der Waals surface area contributed by atoms with Crippen LogP contribution >= 0.6 is 11.6 Å². The van der Waals surface area contributed by atoms with Gasteiger partial charge >= 0.3 is 0 Å². The predicted molar refractivity (Wildman–Crippen MR) is 109 cm³/mol. The lowest BCUT2D eigenvalue weighted by Crippen LogP contribution is -2.24. The van der Waals surface area contributed by atoms with Crippen LogP contribution < -0.4 is 15.1 Å². The summed E-state index contributed by atoms with van der Waals surface area (Å²) < 4.78 is 5.45. The van der Waals surface area contributed by atoms with Crippen molar-refractivity contribution in [2.75, 3.05) is 24.6 Å². The Morgan fingerprint density at radius 1 is 1.26 bits per heavy atom. The molecule has 0 saturated heterocycles. The molecule has 144 valence electrons. The summed E-state index contributed by atoms with van der Waals surface area (Å²) in [5, 5.41) is 14.6. The summed E-state index contributed by atoms with van der Waals surface area (Å²) in [5.41, 5.74) is 4.67. The molecule has 27 heavy (non-hydrogen) atoms. The molecule has 0 radical (unpaired) electrons. The minimum atomic E-state index is -0.403. The van der Waals surface area contributed by atoms with Crippen LogP contribution in [-0.4, -0.2) is 36.9 Å². The van der Waals surface area contributed by atoms with Crippen LogP contribution in [-0.2, 0) is 4.79 Å². The second-order valence-electron chi connectivity index (χ2n) is 5.91. The highest BCUT2D eigenvalue weighted by molar-refractivity contribution is 6.30. The van der Waals surface area contributed by atoms with Gasteiger partial charge in [0.2, 0.25) is 0 Å². The number of carbonyl (C=O) groups excluding carboxylic acids is 1. The molecule has 0 aliphatic heterocycles. The Morgan fingerprint density at radius 2 is 2.00 bits per heavy atom. The van der Waals surface area contributed by atoms with Gasteiger partial charge in [-0.3, -0.25) is 4.79 Å². The Balaban J connectivity index is 1.90. The molecule has 0 heterocycles. The summed E-state index contributed by atoms with van der Waals surface area (Å²) in [6.45, 7) is 7.49. The molecule has 0 atom stereocenters. The number of hydrogen-bond acceptors (Lipinski definition) is 5. The number of phenols is 1. The van der Waals surface area contributed by atoms with Crippen molar-refractivity contribution in [2.45, 2.75) is 20.8 Å². The van der Waals surface area contributed by atoms with Gasteiger partial charge < -0.3 is 14.7 Å². The van der Waals surface area contributed by atoms with E-state index in [4.69, 9.17) is 16.3 Å². The molecular weight excluding hydrogens is 366 g/mol. The summed E-state index contributed by atoms with van der Waals surface area (Å²) in [7, 11) is 0. The number of nitrogens with one attached hydrogen (secondary N) is 1. The molecule has 0 unspecified atom stereocenters. The van der Waals surface area contributed by atoms with Gasteiger partial charge in [-0.25, -0.2) is 5.43 Å². The maximum atomic E-state index is 11.8. The highest BCUT2D eigenvalue weighted by Gasteiger charge is 2.07. The maximum Gasteiger partial charge on any atom is 0.277 e. The SMILES string of the molecule is CCN(CC)c1ccc(C=NNC(=O)COc2ccc(Cl)cc2C)c(O)c1. The fourth-order valence-electron chi connectivity index (χ4n) is 2.55. The summed E-state index contributed by atoms with van der Waals surface area (Å²) in [6, 6.07) is 10.5. The lowest BCUT2D eigenvalue weighted by molar-refractivity contribution is -0.123. The number of phenolic OH excluding ortho intramolecular Hbond substituents is 1. The molecule has 2 aromatic rings. The molecule has 0 spiro atoms. The van der Waals surface area contributed by atoms with Crippen molar-refractivity contribution in [3.63, 3.8) is 0 Å². The minimum Gasteiger partial charge on any atom is -0.507 e. The van der Waals surface area contributed by atoms with E-state index in [9.17, 15) is 9.90 Å². The largest absolute Gasteiger partial charge is 0.507 e. The van der Waals surface area contributed by atoms with E-state index in [0.29, 0.717) is 16.3 Å². The Bertz CT molecular complexity index is 820. The van der Waals surface area contributed by atoms with Gasteiger partial charge in [0.25, 0.3) is 5.91 Å². The fourth-order valence-corrected chi connectivity index (χ4v) is 2.78. The summed E-state index contributed by atoms with van der Waals surface area (Å²) in [6.07, 6.45) is 1.40. The number of aromatic hydroxyl groups is 1. The Kier molecular flexibility index (Phi) is 7.49. The van der Waals surface area contributed by atoms with Gasteiger partial charge in [-0.2, -0.15) is 5.10 Å². The molecule has 0 aliphatic carbocycles. The molecule has 0 bridgehead atoms. The number of nitrogens with zero attached hydrogens (tertiary/aromatic N) is 2. The highest BCUT2D eigenvalue weighted by atomic mass is 35.5. The number of amides is 1. The molecule has 0 aliphatic rings. The number of halogens is 1. The Hall–Kier alpha value is -2.73. The first-order valence-corrected chi connectivity index (χ1v) is 9.11. The molecule has 2 N–H and O–H groups in total. The van der Waals surface area contributed by atoms with Crippen LogP contribution in [0.2, 0.25) is 5.02 Å². The minimum absolute atomic E-state index is 0.102. The van der Waals surface area contributed by atoms with Crippen LogP contribution in [0.3, 0.4) is 0 Å². The number of carbonyl (C=O) groups is 1. The average molecular weight is 390 g/mol. The molecular formula is C20H24ClN3O3. The van der Waals surface area contributed by atoms with Gasteiger partial charge in [0.05, 0.1) is 6.21 Å². The van der Waals surface area contributed by atoms with Crippen molar-refractivity contribution in [3.05, 3.63) is 52.5 Å². The van der Waals surface area contributed by atoms with Gasteiger partial charge in [-0.15, -0.1) is 0 Å². The molecule has 2 rings (SSSR count). The molecule has 2 aromatic carbocycles. The quantitative estimate of drug-likeness (QED) is 0.533. The van der Waals surface area contributed by atoms with Crippen molar-refractivity contribution >= 4 is 29.4 Å². The van der Waals surface area contributed by atoms with Gasteiger partial charge in [-0.1, -0.05) is 11.6 Å². The maximum absolute atomic E-state index is 11.8. The zero-order valence-corrected chi connectivity index (χ0v) is 16.5. The smallest absolute Gasteiger partial charge is 0.277 e. The van der Waals surface area contributed by atoms with Crippen LogP contribution in [0.15, 0.2) is 41.5 Å². The van der Waals surface area contributed by atoms with Gasteiger partial charge in [-0.05, 0) is 56.7 Å². The first-order valence-electron chi connectivity index (χ1n) is 8.73. The predicted octanol–water partition coefficient (Wildman–Crippen LogP) is 3.73. The molecule has 0 fully saturated rings. The van der Waals surface area contributed by atoms with Crippen molar-refractivity contribution < 1.29 is 14.6 Å². The van der Waals surface area contributed by atoms with Crippen LogP contribution in [0.25, 0.3) is 0 Å². The number of benzene rings is 2. The lowest BCUT2D eigenvalue weighted by atomic mass is 10.2. The van der Waals surface area contributed by atoms with Crippen molar-refractivity contribution in [1.29, 1.82) is 0 Å². The zero-order chi connectivity index (χ0) is 19.8. The Morgan fingerprint density at radius 3 is 2.63 bits per heavy atom. The molecule has 6 nitrogen and oxygen atoms in total. The summed E-state index contributed by atoms with van der Waals surface area (Å²) in [4.78, 5) is 14.0. The topological polar surface area (TPSA) is 74.2 Å². The highest BCUT2D eigenvalue weighted by Crippen LogP contribution is 2.23. The third kappa shape index (κ3) is 5.89. The van der Waals surface area contributed by atoms with Crippen LogP contribution in [0.4, 0.5) is 5.69 Å². The first kappa shape index (κ1) is 20.6. The summed E-state index contributed by atoms with van der Waals surface area (Å²) in [5.74, 6) is 0.286. The average Bonchev–Trinajstić information content (AvgIpc) is 2.63. The number of hydrogen-bond donors (Lipinski definition) is 2. The second kappa shape index (κ2) is 9.83. The number of hydrazone groups is 1. The monoisotopic (exact) mass is 389 g/mol. The molecule has 0 saturated carbocycles.